The molecule has 3 rings (SSSR count). The Hall–Kier alpha value is -0.560. The van der Waals surface area contributed by atoms with Gasteiger partial charge in [-0.15, -0.1) is 0 Å². The third-order valence-electron chi connectivity index (χ3n) is 6.26. The number of hydrogen-bond donors (Lipinski definition) is 1. The molecule has 0 heterocycles. The highest BCUT2D eigenvalue weighted by Gasteiger charge is 2.57. The van der Waals surface area contributed by atoms with Crippen molar-refractivity contribution >= 4 is 0 Å². The van der Waals surface area contributed by atoms with Crippen LogP contribution >= 0.6 is 0 Å². The van der Waals surface area contributed by atoms with Crippen LogP contribution in [-0.4, -0.2) is 5.54 Å². The van der Waals surface area contributed by atoms with Crippen LogP contribution in [0.15, 0.2) is 23.3 Å². The third-order valence-corrected chi connectivity index (χ3v) is 6.26. The highest BCUT2D eigenvalue weighted by molar-refractivity contribution is 5.38. The molecule has 2 bridgehead atoms. The summed E-state index contributed by atoms with van der Waals surface area (Å²) < 4.78 is 0. The van der Waals surface area contributed by atoms with Gasteiger partial charge in [-0.25, -0.2) is 0 Å². The van der Waals surface area contributed by atoms with Crippen LogP contribution in [0.2, 0.25) is 0 Å². The van der Waals surface area contributed by atoms with Crippen LogP contribution in [0, 0.1) is 17.3 Å². The van der Waals surface area contributed by atoms with Crippen molar-refractivity contribution in [2.75, 3.05) is 0 Å². The van der Waals surface area contributed by atoms with Crippen LogP contribution < -0.4 is 5.73 Å². The molecule has 1 nitrogen and oxygen atoms in total. The summed E-state index contributed by atoms with van der Waals surface area (Å²) in [6, 6.07) is 0. The zero-order chi connectivity index (χ0) is 12.3. The molecule has 0 aromatic rings. The van der Waals surface area contributed by atoms with Crippen molar-refractivity contribution in [3.8, 4) is 0 Å². The summed E-state index contributed by atoms with van der Waals surface area (Å²) in [5.41, 5.74) is 10.2. The Labute approximate surface area is 105 Å². The van der Waals surface area contributed by atoms with Gasteiger partial charge < -0.3 is 5.73 Å². The van der Waals surface area contributed by atoms with Crippen molar-refractivity contribution in [2.45, 2.75) is 58.4 Å². The van der Waals surface area contributed by atoms with E-state index in [-0.39, 0.29) is 5.54 Å². The van der Waals surface area contributed by atoms with Gasteiger partial charge in [0.25, 0.3) is 0 Å². The van der Waals surface area contributed by atoms with Crippen molar-refractivity contribution in [3.05, 3.63) is 23.3 Å². The number of nitrogens with two attached hydrogens (primary N) is 1. The normalized spacial score (nSPS) is 49.2. The summed E-state index contributed by atoms with van der Waals surface area (Å²) >= 11 is 0. The predicted octanol–water partition coefficient (Wildman–Crippen LogP) is 3.81. The molecule has 0 spiro atoms. The van der Waals surface area contributed by atoms with E-state index in [1.54, 1.807) is 0 Å². The lowest BCUT2D eigenvalue weighted by Crippen LogP contribution is -2.58. The molecule has 0 radical (unpaired) electrons. The minimum absolute atomic E-state index is 0.0815. The topological polar surface area (TPSA) is 26.0 Å². The van der Waals surface area contributed by atoms with Crippen LogP contribution in [0.3, 0.4) is 0 Å². The zero-order valence-electron chi connectivity index (χ0n) is 11.4. The van der Waals surface area contributed by atoms with E-state index in [4.69, 9.17) is 5.73 Å². The Morgan fingerprint density at radius 3 is 2.41 bits per heavy atom. The van der Waals surface area contributed by atoms with E-state index in [0.29, 0.717) is 11.3 Å². The number of allylic oxidation sites excluding steroid dienone is 2. The Bertz CT molecular complexity index is 396. The van der Waals surface area contributed by atoms with Crippen molar-refractivity contribution in [3.63, 3.8) is 0 Å². The summed E-state index contributed by atoms with van der Waals surface area (Å²) in [5.74, 6) is 1.48. The Morgan fingerprint density at radius 2 is 1.88 bits per heavy atom. The molecule has 0 aromatic heterocycles. The fraction of sp³-hybridized carbons (Fsp3) is 0.750. The van der Waals surface area contributed by atoms with Crippen molar-refractivity contribution in [1.82, 2.24) is 0 Å². The summed E-state index contributed by atoms with van der Waals surface area (Å²) in [4.78, 5) is 0. The molecule has 3 aliphatic carbocycles. The molecule has 2 fully saturated rings. The molecule has 2 N–H and O–H groups in total. The molecule has 0 aromatic carbocycles. The standard InChI is InChI=1S/C16H25N/c1-11-4-9-16(17,13(3)12(11)2)15-7-5-14(10-15)6-8-15/h4,9,13-14H,5-8,10,17H2,1-3H3. The molecule has 1 heteroatoms. The van der Waals surface area contributed by atoms with Gasteiger partial charge in [-0.1, -0.05) is 30.2 Å². The smallest absolute Gasteiger partial charge is 0.0463 e. The largest absolute Gasteiger partial charge is 0.321 e. The van der Waals surface area contributed by atoms with Crippen molar-refractivity contribution < 1.29 is 0 Å². The first-order chi connectivity index (χ1) is 7.98. The van der Waals surface area contributed by atoms with Gasteiger partial charge in [-0.05, 0) is 63.2 Å². The van der Waals surface area contributed by atoms with E-state index in [2.05, 4.69) is 32.9 Å². The summed E-state index contributed by atoms with van der Waals surface area (Å²) in [6.07, 6.45) is 11.5. The molecular weight excluding hydrogens is 206 g/mol. The predicted molar refractivity (Wildman–Crippen MR) is 72.6 cm³/mol. The van der Waals surface area contributed by atoms with Crippen molar-refractivity contribution in [1.29, 1.82) is 0 Å². The fourth-order valence-corrected chi connectivity index (χ4v) is 4.68. The highest BCUT2D eigenvalue weighted by atomic mass is 14.8. The monoisotopic (exact) mass is 231 g/mol. The highest BCUT2D eigenvalue weighted by Crippen LogP contribution is 2.62. The van der Waals surface area contributed by atoms with E-state index in [9.17, 15) is 0 Å². The average Bonchev–Trinajstić information content (AvgIpc) is 2.93. The number of fused-ring (bicyclic) bond motifs is 2. The molecule has 2 unspecified atom stereocenters. The van der Waals surface area contributed by atoms with Crippen molar-refractivity contribution in [2.24, 2.45) is 23.0 Å². The van der Waals surface area contributed by atoms with Gasteiger partial charge in [0, 0.05) is 5.54 Å². The van der Waals surface area contributed by atoms with E-state index in [1.807, 2.05) is 0 Å². The number of hydrogen-bond acceptors (Lipinski definition) is 1. The Morgan fingerprint density at radius 1 is 1.24 bits per heavy atom. The lowest BCUT2D eigenvalue weighted by atomic mass is 9.59. The van der Waals surface area contributed by atoms with Gasteiger partial charge in [-0.3, -0.25) is 0 Å². The maximum absolute atomic E-state index is 6.91. The quantitative estimate of drug-likeness (QED) is 0.729. The molecule has 94 valence electrons. The molecular formula is C16H25N. The van der Waals surface area contributed by atoms with Gasteiger partial charge in [0.1, 0.15) is 0 Å². The fourth-order valence-electron chi connectivity index (χ4n) is 4.68. The van der Waals surface area contributed by atoms with E-state index in [0.717, 1.165) is 5.92 Å². The summed E-state index contributed by atoms with van der Waals surface area (Å²) in [7, 11) is 0. The van der Waals surface area contributed by atoms with Gasteiger partial charge in [-0.2, -0.15) is 0 Å². The van der Waals surface area contributed by atoms with Crippen LogP contribution in [0.25, 0.3) is 0 Å². The first-order valence-corrected chi connectivity index (χ1v) is 7.14. The molecule has 0 aliphatic heterocycles. The maximum Gasteiger partial charge on any atom is 0.0463 e. The molecule has 2 atom stereocenters. The second-order valence-corrected chi connectivity index (χ2v) is 6.78. The minimum Gasteiger partial charge on any atom is -0.321 e. The minimum atomic E-state index is -0.0815. The maximum atomic E-state index is 6.91. The van der Waals surface area contributed by atoms with Crippen LogP contribution in [0.1, 0.15) is 52.9 Å². The average molecular weight is 231 g/mol. The second kappa shape index (κ2) is 3.47. The van der Waals surface area contributed by atoms with Gasteiger partial charge in [0.15, 0.2) is 0 Å². The van der Waals surface area contributed by atoms with Gasteiger partial charge >= 0.3 is 0 Å². The van der Waals surface area contributed by atoms with Crippen LogP contribution in [0.4, 0.5) is 0 Å². The molecule has 0 amide bonds. The Balaban J connectivity index is 2.00. The van der Waals surface area contributed by atoms with E-state index < -0.39 is 0 Å². The third kappa shape index (κ3) is 1.35. The second-order valence-electron chi connectivity index (χ2n) is 6.78. The molecule has 0 saturated heterocycles. The van der Waals surface area contributed by atoms with Crippen LogP contribution in [-0.2, 0) is 0 Å². The van der Waals surface area contributed by atoms with E-state index >= 15 is 0 Å². The van der Waals surface area contributed by atoms with Gasteiger partial charge in [0.2, 0.25) is 0 Å². The SMILES string of the molecule is CC1=C(C)C(C)C(N)(C23CCC(CC2)C3)C=C1. The Kier molecular flexibility index (Phi) is 2.36. The first-order valence-electron chi connectivity index (χ1n) is 7.14. The first kappa shape index (κ1) is 11.5. The van der Waals surface area contributed by atoms with Crippen LogP contribution in [0.5, 0.6) is 0 Å². The zero-order valence-corrected chi connectivity index (χ0v) is 11.4. The molecule has 3 aliphatic rings. The van der Waals surface area contributed by atoms with E-state index in [1.165, 1.54) is 43.3 Å². The molecule has 2 saturated carbocycles. The van der Waals surface area contributed by atoms with Gasteiger partial charge in [0.05, 0.1) is 0 Å². The lowest BCUT2D eigenvalue weighted by Gasteiger charge is -2.49. The number of rotatable bonds is 1. The summed E-state index contributed by atoms with van der Waals surface area (Å²) in [6.45, 7) is 6.82. The lowest BCUT2D eigenvalue weighted by molar-refractivity contribution is 0.129. The molecule has 17 heavy (non-hydrogen) atoms. The summed E-state index contributed by atoms with van der Waals surface area (Å²) in [5, 5.41) is 0.